The Bertz CT molecular complexity index is 870. The highest BCUT2D eigenvalue weighted by Crippen LogP contribution is 2.34. The van der Waals surface area contributed by atoms with E-state index < -0.39 is 0 Å². The van der Waals surface area contributed by atoms with Crippen LogP contribution in [0.5, 0.6) is 5.75 Å². The number of rotatable bonds is 7. The number of aliphatic imine (C=N–C) groups is 1. The van der Waals surface area contributed by atoms with E-state index in [0.717, 1.165) is 48.6 Å². The van der Waals surface area contributed by atoms with Crippen LogP contribution in [-0.4, -0.2) is 46.4 Å². The van der Waals surface area contributed by atoms with Gasteiger partial charge in [-0.15, -0.1) is 24.0 Å². The van der Waals surface area contributed by atoms with Crippen molar-refractivity contribution in [2.75, 3.05) is 40.5 Å². The van der Waals surface area contributed by atoms with Crippen molar-refractivity contribution >= 4 is 29.9 Å². The molecule has 1 fully saturated rings. The summed E-state index contributed by atoms with van der Waals surface area (Å²) in [5.41, 5.74) is 3.19. The fourth-order valence-electron chi connectivity index (χ4n) is 3.97. The average Bonchev–Trinajstić information content (AvgIpc) is 2.77. The van der Waals surface area contributed by atoms with Crippen molar-refractivity contribution in [2.24, 2.45) is 4.99 Å². The fraction of sp³-hybridized carbons (Fsp3) is 0.458. The molecule has 0 saturated carbocycles. The molecular formula is C24H33FIN3O2. The Morgan fingerprint density at radius 2 is 1.94 bits per heavy atom. The van der Waals surface area contributed by atoms with Crippen LogP contribution in [-0.2, 0) is 16.6 Å². The average molecular weight is 541 g/mol. The highest BCUT2D eigenvalue weighted by molar-refractivity contribution is 14.0. The molecule has 170 valence electrons. The van der Waals surface area contributed by atoms with Gasteiger partial charge in [0.25, 0.3) is 0 Å². The molecule has 2 aromatic carbocycles. The lowest BCUT2D eigenvalue weighted by molar-refractivity contribution is 0.0513. The van der Waals surface area contributed by atoms with Crippen molar-refractivity contribution in [1.29, 1.82) is 0 Å². The molecule has 0 amide bonds. The minimum Gasteiger partial charge on any atom is -0.496 e. The summed E-state index contributed by atoms with van der Waals surface area (Å²) >= 11 is 0. The standard InChI is InChI=1S/C24H32FN3O2.HI/c1-18-7-8-19(15-22(18)29-3)9-12-27-23(26-2)28-17-24(10-13-30-14-11-24)20-5-4-6-21(25)16-20;/h4-8,15-16H,9-14,17H2,1-3H3,(H2,26,27,28);1H. The Balaban J connectivity index is 0.00000341. The molecule has 1 heterocycles. The van der Waals surface area contributed by atoms with Gasteiger partial charge in [-0.3, -0.25) is 4.99 Å². The van der Waals surface area contributed by atoms with Crippen molar-refractivity contribution in [1.82, 2.24) is 10.6 Å². The zero-order valence-electron chi connectivity index (χ0n) is 18.5. The quantitative estimate of drug-likeness (QED) is 0.313. The molecule has 31 heavy (non-hydrogen) atoms. The van der Waals surface area contributed by atoms with Gasteiger partial charge in [0.05, 0.1) is 7.11 Å². The number of ether oxygens (including phenoxy) is 2. The molecule has 2 aromatic rings. The minimum absolute atomic E-state index is 0. The molecule has 3 rings (SSSR count). The van der Waals surface area contributed by atoms with Crippen molar-refractivity contribution in [2.45, 2.75) is 31.6 Å². The minimum atomic E-state index is -0.200. The number of guanidine groups is 1. The molecule has 0 unspecified atom stereocenters. The normalized spacial score (nSPS) is 15.7. The van der Waals surface area contributed by atoms with Gasteiger partial charge >= 0.3 is 0 Å². The van der Waals surface area contributed by atoms with Crippen molar-refractivity contribution in [3.63, 3.8) is 0 Å². The largest absolute Gasteiger partial charge is 0.496 e. The second kappa shape index (κ2) is 12.2. The van der Waals surface area contributed by atoms with E-state index in [9.17, 15) is 4.39 Å². The third-order valence-electron chi connectivity index (χ3n) is 5.88. The van der Waals surface area contributed by atoms with E-state index in [4.69, 9.17) is 9.47 Å². The summed E-state index contributed by atoms with van der Waals surface area (Å²) in [7, 11) is 3.46. The maximum absolute atomic E-state index is 13.9. The van der Waals surface area contributed by atoms with Crippen LogP contribution in [0.4, 0.5) is 4.39 Å². The summed E-state index contributed by atoms with van der Waals surface area (Å²) in [6, 6.07) is 13.2. The first-order valence-electron chi connectivity index (χ1n) is 10.5. The van der Waals surface area contributed by atoms with Gasteiger partial charge in [-0.2, -0.15) is 0 Å². The van der Waals surface area contributed by atoms with Gasteiger partial charge in [0, 0.05) is 38.8 Å². The van der Waals surface area contributed by atoms with E-state index in [0.29, 0.717) is 19.8 Å². The molecule has 0 aliphatic carbocycles. The Morgan fingerprint density at radius 3 is 2.61 bits per heavy atom. The molecule has 1 saturated heterocycles. The van der Waals surface area contributed by atoms with Crippen LogP contribution >= 0.6 is 24.0 Å². The van der Waals surface area contributed by atoms with Crippen LogP contribution < -0.4 is 15.4 Å². The van der Waals surface area contributed by atoms with Gasteiger partial charge in [0.2, 0.25) is 0 Å². The molecule has 0 spiro atoms. The molecule has 2 N–H and O–H groups in total. The van der Waals surface area contributed by atoms with Crippen molar-refractivity contribution in [3.05, 3.63) is 65.0 Å². The summed E-state index contributed by atoms with van der Waals surface area (Å²) in [6.45, 7) is 4.83. The van der Waals surface area contributed by atoms with Crippen LogP contribution in [0.3, 0.4) is 0 Å². The summed E-state index contributed by atoms with van der Waals surface area (Å²) < 4.78 is 24.8. The molecular weight excluding hydrogens is 508 g/mol. The van der Waals surface area contributed by atoms with Crippen LogP contribution in [0.1, 0.15) is 29.5 Å². The smallest absolute Gasteiger partial charge is 0.191 e. The van der Waals surface area contributed by atoms with Gasteiger partial charge in [-0.25, -0.2) is 4.39 Å². The Hall–Kier alpha value is -1.87. The number of methoxy groups -OCH3 is 1. The second-order valence-corrected chi connectivity index (χ2v) is 7.81. The third kappa shape index (κ3) is 6.80. The number of nitrogens with one attached hydrogen (secondary N) is 2. The number of benzene rings is 2. The molecule has 0 atom stereocenters. The number of nitrogens with zero attached hydrogens (tertiary/aromatic N) is 1. The van der Waals surface area contributed by atoms with Crippen LogP contribution in [0.15, 0.2) is 47.5 Å². The molecule has 7 heteroatoms. The summed E-state index contributed by atoms with van der Waals surface area (Å²) in [4.78, 5) is 4.36. The second-order valence-electron chi connectivity index (χ2n) is 7.81. The summed E-state index contributed by atoms with van der Waals surface area (Å²) in [5.74, 6) is 1.46. The summed E-state index contributed by atoms with van der Waals surface area (Å²) in [5, 5.41) is 6.83. The Morgan fingerprint density at radius 1 is 1.16 bits per heavy atom. The van der Waals surface area contributed by atoms with Gasteiger partial charge < -0.3 is 20.1 Å². The number of hydrogen-bond donors (Lipinski definition) is 2. The van der Waals surface area contributed by atoms with Crippen LogP contribution in [0.25, 0.3) is 0 Å². The first-order chi connectivity index (χ1) is 14.6. The van der Waals surface area contributed by atoms with E-state index in [1.54, 1.807) is 26.3 Å². The van der Waals surface area contributed by atoms with Gasteiger partial charge in [0.1, 0.15) is 11.6 Å². The predicted molar refractivity (Wildman–Crippen MR) is 134 cm³/mol. The van der Waals surface area contributed by atoms with E-state index in [-0.39, 0.29) is 35.2 Å². The van der Waals surface area contributed by atoms with Crippen LogP contribution in [0, 0.1) is 12.7 Å². The first-order valence-corrected chi connectivity index (χ1v) is 10.5. The van der Waals surface area contributed by atoms with E-state index in [1.165, 1.54) is 11.6 Å². The first kappa shape index (κ1) is 25.4. The maximum Gasteiger partial charge on any atom is 0.191 e. The highest BCUT2D eigenvalue weighted by Gasteiger charge is 2.34. The van der Waals surface area contributed by atoms with Crippen LogP contribution in [0.2, 0.25) is 0 Å². The topological polar surface area (TPSA) is 54.9 Å². The summed E-state index contributed by atoms with van der Waals surface area (Å²) in [6.07, 6.45) is 2.56. The lowest BCUT2D eigenvalue weighted by Gasteiger charge is -2.38. The Labute approximate surface area is 201 Å². The molecule has 1 aliphatic rings. The highest BCUT2D eigenvalue weighted by atomic mass is 127. The molecule has 0 radical (unpaired) electrons. The zero-order valence-corrected chi connectivity index (χ0v) is 20.9. The molecule has 0 aromatic heterocycles. The monoisotopic (exact) mass is 541 g/mol. The third-order valence-corrected chi connectivity index (χ3v) is 5.88. The Kier molecular flexibility index (Phi) is 10.0. The number of halogens is 2. The SMILES string of the molecule is CN=C(NCCc1ccc(C)c(OC)c1)NCC1(c2cccc(F)c2)CCOCC1.I. The van der Waals surface area contributed by atoms with Gasteiger partial charge in [-0.05, 0) is 61.1 Å². The van der Waals surface area contributed by atoms with E-state index >= 15 is 0 Å². The molecule has 5 nitrogen and oxygen atoms in total. The molecule has 1 aliphatic heterocycles. The van der Waals surface area contributed by atoms with Crippen molar-refractivity contribution < 1.29 is 13.9 Å². The number of hydrogen-bond acceptors (Lipinski definition) is 3. The molecule has 0 bridgehead atoms. The van der Waals surface area contributed by atoms with Crippen molar-refractivity contribution in [3.8, 4) is 5.75 Å². The van der Waals surface area contributed by atoms with E-state index in [2.05, 4.69) is 33.8 Å². The van der Waals surface area contributed by atoms with Gasteiger partial charge in [0.15, 0.2) is 5.96 Å². The van der Waals surface area contributed by atoms with Gasteiger partial charge in [-0.1, -0.05) is 24.3 Å². The zero-order chi connectivity index (χ0) is 21.4. The maximum atomic E-state index is 13.9. The lowest BCUT2D eigenvalue weighted by atomic mass is 9.74. The fourth-order valence-corrected chi connectivity index (χ4v) is 3.97. The van der Waals surface area contributed by atoms with E-state index in [1.807, 2.05) is 13.0 Å². The lowest BCUT2D eigenvalue weighted by Crippen LogP contribution is -2.48. The predicted octanol–water partition coefficient (Wildman–Crippen LogP) is 4.22. The number of aryl methyl sites for hydroxylation is 1.